The van der Waals surface area contributed by atoms with Gasteiger partial charge in [-0.15, -0.1) is 0 Å². The predicted octanol–water partition coefficient (Wildman–Crippen LogP) is 3.74. The van der Waals surface area contributed by atoms with Crippen molar-refractivity contribution in [1.29, 1.82) is 0 Å². The van der Waals surface area contributed by atoms with Crippen molar-refractivity contribution in [3.05, 3.63) is 59.1 Å². The van der Waals surface area contributed by atoms with Crippen molar-refractivity contribution >= 4 is 38.9 Å². The topological polar surface area (TPSA) is 75.3 Å². The smallest absolute Gasteiger partial charge is 0.255 e. The second-order valence-electron chi connectivity index (χ2n) is 4.97. The van der Waals surface area contributed by atoms with E-state index in [4.69, 9.17) is 11.6 Å². The monoisotopic (exact) mass is 352 g/mol. The molecule has 0 aliphatic carbocycles. The molecule has 0 fully saturated rings. The summed E-state index contributed by atoms with van der Waals surface area (Å²) in [5, 5.41) is 3.23. The van der Waals surface area contributed by atoms with E-state index in [1.54, 1.807) is 49.4 Å². The van der Waals surface area contributed by atoms with E-state index >= 15 is 0 Å². The Bertz CT molecular complexity index is 806. The number of hydrogen-bond acceptors (Lipinski definition) is 3. The number of carbonyl (C=O) groups excluding carboxylic acids is 1. The third-order valence-electron chi connectivity index (χ3n) is 2.95. The minimum Gasteiger partial charge on any atom is -0.322 e. The summed E-state index contributed by atoms with van der Waals surface area (Å²) in [6.07, 6.45) is 0.518. The lowest BCUT2D eigenvalue weighted by Crippen LogP contribution is -2.17. The van der Waals surface area contributed by atoms with Crippen molar-refractivity contribution in [1.82, 2.24) is 0 Å². The molecule has 0 aromatic heterocycles. The Morgan fingerprint density at radius 1 is 1.09 bits per heavy atom. The van der Waals surface area contributed by atoms with Crippen molar-refractivity contribution in [2.75, 3.05) is 15.8 Å². The number of benzene rings is 2. The van der Waals surface area contributed by atoms with Crippen LogP contribution in [0.15, 0.2) is 48.5 Å². The highest BCUT2D eigenvalue weighted by atomic mass is 35.5. The molecule has 0 aliphatic heterocycles. The number of amides is 1. The Kier molecular flexibility index (Phi) is 5.63. The minimum atomic E-state index is -3.39. The minimum absolute atomic E-state index is 0.0337. The maximum absolute atomic E-state index is 12.2. The molecular weight excluding hydrogens is 336 g/mol. The number of hydrogen-bond donors (Lipinski definition) is 2. The van der Waals surface area contributed by atoms with Crippen LogP contribution < -0.4 is 10.0 Å². The maximum Gasteiger partial charge on any atom is 0.255 e. The van der Waals surface area contributed by atoms with E-state index < -0.39 is 10.0 Å². The molecule has 2 aromatic rings. The lowest BCUT2D eigenvalue weighted by Gasteiger charge is -2.09. The number of anilines is 2. The quantitative estimate of drug-likeness (QED) is 0.831. The fraction of sp³-hybridized carbons (Fsp3) is 0.188. The van der Waals surface area contributed by atoms with Crippen LogP contribution in [0.5, 0.6) is 0 Å². The van der Waals surface area contributed by atoms with E-state index in [-0.39, 0.29) is 11.7 Å². The van der Waals surface area contributed by atoms with Crippen LogP contribution >= 0.6 is 11.6 Å². The molecule has 0 heterocycles. The number of halogens is 1. The standard InChI is InChI=1S/C16H17ClN2O3S/c1-2-9-23(21,22)19-15-8-3-5-12(10-15)16(20)18-14-7-4-6-13(17)11-14/h3-8,10-11,19H,2,9H2,1H3,(H,18,20). The molecule has 0 unspecified atom stereocenters. The maximum atomic E-state index is 12.2. The molecule has 0 spiro atoms. The Morgan fingerprint density at radius 2 is 1.78 bits per heavy atom. The number of carbonyl (C=O) groups is 1. The van der Waals surface area contributed by atoms with Crippen LogP contribution in [0.2, 0.25) is 5.02 Å². The van der Waals surface area contributed by atoms with Gasteiger partial charge in [-0.1, -0.05) is 30.7 Å². The van der Waals surface area contributed by atoms with E-state index in [2.05, 4.69) is 10.0 Å². The van der Waals surface area contributed by atoms with Gasteiger partial charge >= 0.3 is 0 Å². The Hall–Kier alpha value is -2.05. The second kappa shape index (κ2) is 7.48. The van der Waals surface area contributed by atoms with E-state index in [0.717, 1.165) is 0 Å². The van der Waals surface area contributed by atoms with Crippen molar-refractivity contribution in [2.45, 2.75) is 13.3 Å². The van der Waals surface area contributed by atoms with Crippen LogP contribution in [0.3, 0.4) is 0 Å². The number of sulfonamides is 1. The van der Waals surface area contributed by atoms with E-state index in [1.807, 2.05) is 0 Å². The molecule has 1 amide bonds. The van der Waals surface area contributed by atoms with Gasteiger partial charge in [-0.25, -0.2) is 8.42 Å². The average Bonchev–Trinajstić information content (AvgIpc) is 2.47. The van der Waals surface area contributed by atoms with Crippen molar-refractivity contribution in [2.24, 2.45) is 0 Å². The Morgan fingerprint density at radius 3 is 2.48 bits per heavy atom. The SMILES string of the molecule is CCCS(=O)(=O)Nc1cccc(C(=O)Nc2cccc(Cl)c2)c1. The van der Waals surface area contributed by atoms with Crippen molar-refractivity contribution in [3.63, 3.8) is 0 Å². The van der Waals surface area contributed by atoms with Crippen molar-refractivity contribution < 1.29 is 13.2 Å². The Labute approximate surface area is 140 Å². The van der Waals surface area contributed by atoms with Gasteiger partial charge in [0.25, 0.3) is 5.91 Å². The highest BCUT2D eigenvalue weighted by Gasteiger charge is 2.11. The van der Waals surface area contributed by atoms with Crippen LogP contribution in [0, 0.1) is 0 Å². The van der Waals surface area contributed by atoms with Gasteiger partial charge in [0.15, 0.2) is 0 Å². The van der Waals surface area contributed by atoms with Crippen LogP contribution in [0.4, 0.5) is 11.4 Å². The molecular formula is C16H17ClN2O3S. The van der Waals surface area contributed by atoms with Gasteiger partial charge in [0.1, 0.15) is 0 Å². The van der Waals surface area contributed by atoms with Crippen LogP contribution in [-0.2, 0) is 10.0 Å². The molecule has 23 heavy (non-hydrogen) atoms. The molecule has 7 heteroatoms. The molecule has 0 bridgehead atoms. The van der Waals surface area contributed by atoms with E-state index in [1.165, 1.54) is 6.07 Å². The molecule has 0 saturated carbocycles. The van der Waals surface area contributed by atoms with E-state index in [0.29, 0.717) is 28.4 Å². The molecule has 2 aromatic carbocycles. The van der Waals surface area contributed by atoms with Crippen LogP contribution in [0.1, 0.15) is 23.7 Å². The average molecular weight is 353 g/mol. The summed E-state index contributed by atoms with van der Waals surface area (Å²) >= 11 is 5.87. The summed E-state index contributed by atoms with van der Waals surface area (Å²) in [6, 6.07) is 13.1. The van der Waals surface area contributed by atoms with Crippen LogP contribution in [0.25, 0.3) is 0 Å². The molecule has 2 N–H and O–H groups in total. The molecule has 0 aliphatic rings. The second-order valence-corrected chi connectivity index (χ2v) is 7.24. The first-order valence-electron chi connectivity index (χ1n) is 7.07. The lowest BCUT2D eigenvalue weighted by atomic mass is 10.2. The first-order chi connectivity index (χ1) is 10.9. The van der Waals surface area contributed by atoms with Gasteiger partial charge in [-0.3, -0.25) is 9.52 Å². The predicted molar refractivity (Wildman–Crippen MR) is 93.5 cm³/mol. The highest BCUT2D eigenvalue weighted by Crippen LogP contribution is 2.17. The third kappa shape index (κ3) is 5.26. The first-order valence-corrected chi connectivity index (χ1v) is 9.10. The zero-order valence-electron chi connectivity index (χ0n) is 12.5. The van der Waals surface area contributed by atoms with Gasteiger partial charge in [0.2, 0.25) is 10.0 Å². The number of nitrogens with one attached hydrogen (secondary N) is 2. The van der Waals surface area contributed by atoms with Gasteiger partial charge in [0, 0.05) is 22.0 Å². The zero-order chi connectivity index (χ0) is 16.9. The van der Waals surface area contributed by atoms with E-state index in [9.17, 15) is 13.2 Å². The molecule has 5 nitrogen and oxygen atoms in total. The molecule has 2 rings (SSSR count). The highest BCUT2D eigenvalue weighted by molar-refractivity contribution is 7.92. The van der Waals surface area contributed by atoms with Gasteiger partial charge in [-0.05, 0) is 42.8 Å². The molecule has 122 valence electrons. The fourth-order valence-electron chi connectivity index (χ4n) is 1.99. The van der Waals surface area contributed by atoms with Gasteiger partial charge < -0.3 is 5.32 Å². The zero-order valence-corrected chi connectivity index (χ0v) is 14.1. The summed E-state index contributed by atoms with van der Waals surface area (Å²) in [5.41, 5.74) is 1.28. The summed E-state index contributed by atoms with van der Waals surface area (Å²) in [5.74, 6) is -0.310. The lowest BCUT2D eigenvalue weighted by molar-refractivity contribution is 0.102. The Balaban J connectivity index is 2.14. The van der Waals surface area contributed by atoms with Gasteiger partial charge in [-0.2, -0.15) is 0 Å². The van der Waals surface area contributed by atoms with Crippen molar-refractivity contribution in [3.8, 4) is 0 Å². The normalized spacial score (nSPS) is 11.0. The van der Waals surface area contributed by atoms with Gasteiger partial charge in [0.05, 0.1) is 5.75 Å². The molecule has 0 saturated heterocycles. The largest absolute Gasteiger partial charge is 0.322 e. The third-order valence-corrected chi connectivity index (χ3v) is 4.68. The first kappa shape index (κ1) is 17.3. The summed E-state index contributed by atoms with van der Waals surface area (Å²) in [4.78, 5) is 12.2. The summed E-state index contributed by atoms with van der Waals surface area (Å²) in [6.45, 7) is 1.79. The summed E-state index contributed by atoms with van der Waals surface area (Å²) < 4.78 is 26.0. The number of rotatable bonds is 6. The fourth-order valence-corrected chi connectivity index (χ4v) is 3.31. The molecule has 0 radical (unpaired) electrons. The molecule has 0 atom stereocenters. The summed E-state index contributed by atoms with van der Waals surface area (Å²) in [7, 11) is -3.39. The van der Waals surface area contributed by atoms with Crippen LogP contribution in [-0.4, -0.2) is 20.1 Å².